The summed E-state index contributed by atoms with van der Waals surface area (Å²) in [5, 5.41) is 18.5. The lowest BCUT2D eigenvalue weighted by atomic mass is 10.2. The molecule has 3 aromatic heterocycles. The quantitative estimate of drug-likeness (QED) is 0.348. The molecule has 0 aliphatic rings. The van der Waals surface area contributed by atoms with Gasteiger partial charge in [-0.15, -0.1) is 10.2 Å². The predicted octanol–water partition coefficient (Wildman–Crippen LogP) is 4.10. The van der Waals surface area contributed by atoms with Crippen LogP contribution >= 0.6 is 11.6 Å². The van der Waals surface area contributed by atoms with Crippen molar-refractivity contribution in [1.82, 2.24) is 29.9 Å². The first-order valence-corrected chi connectivity index (χ1v) is 9.29. The number of benzene rings is 2. The fraction of sp³-hybridized carbons (Fsp3) is 0.0500. The smallest absolute Gasteiger partial charge is 0.265 e. The van der Waals surface area contributed by atoms with Crippen LogP contribution in [0.4, 0.5) is 5.95 Å². The Hall–Kier alpha value is -3.78. The number of hydrogen-bond acceptors (Lipinski definition) is 6. The highest BCUT2D eigenvalue weighted by Crippen LogP contribution is 2.23. The van der Waals surface area contributed by atoms with E-state index >= 15 is 0 Å². The van der Waals surface area contributed by atoms with Gasteiger partial charge < -0.3 is 4.98 Å². The molecular formula is C20H15ClN8. The molecule has 0 amide bonds. The van der Waals surface area contributed by atoms with E-state index in [0.29, 0.717) is 16.4 Å². The zero-order valence-corrected chi connectivity index (χ0v) is 16.1. The van der Waals surface area contributed by atoms with E-state index in [1.165, 1.54) is 0 Å². The van der Waals surface area contributed by atoms with E-state index in [1.807, 2.05) is 61.5 Å². The molecule has 0 fully saturated rings. The molecule has 0 aliphatic carbocycles. The van der Waals surface area contributed by atoms with Gasteiger partial charge in [-0.1, -0.05) is 48.0 Å². The standard InChI is InChI=1S/C20H15ClN8/c1-12-15(18(21)29(28-12)13-7-3-2-4-8-13)11-22-26-20-24-19-17(25-27-20)14-9-5-6-10-16(14)23-19/h2-11H,1H3,(H2,23,24,26,27)/b22-11-. The number of anilines is 1. The third-order valence-electron chi connectivity index (χ3n) is 4.53. The third-order valence-corrected chi connectivity index (χ3v) is 4.89. The average molecular weight is 403 g/mol. The first-order chi connectivity index (χ1) is 14.2. The van der Waals surface area contributed by atoms with Gasteiger partial charge in [0, 0.05) is 10.9 Å². The zero-order valence-electron chi connectivity index (χ0n) is 15.3. The molecule has 5 rings (SSSR count). The highest BCUT2D eigenvalue weighted by Gasteiger charge is 2.13. The summed E-state index contributed by atoms with van der Waals surface area (Å²) in [4.78, 5) is 7.66. The first-order valence-electron chi connectivity index (χ1n) is 8.91. The lowest BCUT2D eigenvalue weighted by Crippen LogP contribution is -1.99. The Morgan fingerprint density at radius 2 is 1.86 bits per heavy atom. The van der Waals surface area contributed by atoms with Crippen molar-refractivity contribution in [3.63, 3.8) is 0 Å². The Labute approximate surface area is 170 Å². The Morgan fingerprint density at radius 1 is 1.07 bits per heavy atom. The van der Waals surface area contributed by atoms with Crippen LogP contribution in [0.1, 0.15) is 11.3 Å². The van der Waals surface area contributed by atoms with E-state index < -0.39 is 0 Å². The third kappa shape index (κ3) is 3.09. The number of rotatable bonds is 4. The second kappa shape index (κ2) is 6.99. The number of hydrazone groups is 1. The van der Waals surface area contributed by atoms with Crippen LogP contribution in [0.25, 0.3) is 27.8 Å². The number of aryl methyl sites for hydroxylation is 1. The summed E-state index contributed by atoms with van der Waals surface area (Å²) in [5.74, 6) is 0.282. The van der Waals surface area contributed by atoms with Crippen LogP contribution in [-0.4, -0.2) is 36.2 Å². The molecule has 0 spiro atoms. The molecule has 2 N–H and O–H groups in total. The van der Waals surface area contributed by atoms with Crippen LogP contribution in [0, 0.1) is 6.92 Å². The largest absolute Gasteiger partial charge is 0.338 e. The van der Waals surface area contributed by atoms with Crippen molar-refractivity contribution in [1.29, 1.82) is 0 Å². The summed E-state index contributed by atoms with van der Waals surface area (Å²) in [7, 11) is 0. The number of aromatic nitrogens is 6. The van der Waals surface area contributed by atoms with Crippen LogP contribution in [0.5, 0.6) is 0 Å². The minimum Gasteiger partial charge on any atom is -0.338 e. The van der Waals surface area contributed by atoms with Gasteiger partial charge in [0.05, 0.1) is 23.2 Å². The molecule has 3 heterocycles. The van der Waals surface area contributed by atoms with Gasteiger partial charge in [0.1, 0.15) is 10.7 Å². The molecule has 0 aliphatic heterocycles. The van der Waals surface area contributed by atoms with Gasteiger partial charge in [-0.05, 0) is 25.1 Å². The number of hydrogen-bond donors (Lipinski definition) is 2. The molecule has 0 atom stereocenters. The molecule has 9 heteroatoms. The molecule has 0 unspecified atom stereocenters. The van der Waals surface area contributed by atoms with Gasteiger partial charge in [-0.25, -0.2) is 10.1 Å². The van der Waals surface area contributed by atoms with Crippen LogP contribution < -0.4 is 5.43 Å². The van der Waals surface area contributed by atoms with Crippen LogP contribution in [-0.2, 0) is 0 Å². The summed E-state index contributed by atoms with van der Waals surface area (Å²) in [6, 6.07) is 17.5. The van der Waals surface area contributed by atoms with Crippen molar-refractivity contribution in [2.45, 2.75) is 6.92 Å². The van der Waals surface area contributed by atoms with Gasteiger partial charge in [0.15, 0.2) is 5.65 Å². The lowest BCUT2D eigenvalue weighted by molar-refractivity contribution is 0.863. The zero-order chi connectivity index (χ0) is 19.8. The molecule has 0 bridgehead atoms. The Kier molecular flexibility index (Phi) is 4.18. The highest BCUT2D eigenvalue weighted by atomic mass is 35.5. The summed E-state index contributed by atoms with van der Waals surface area (Å²) in [6.45, 7) is 1.88. The van der Waals surface area contributed by atoms with Gasteiger partial charge in [-0.2, -0.15) is 15.2 Å². The molecule has 5 aromatic rings. The fourth-order valence-corrected chi connectivity index (χ4v) is 3.44. The number of nitrogens with zero attached hydrogens (tertiary/aromatic N) is 6. The number of H-pyrrole nitrogens is 1. The number of fused-ring (bicyclic) bond motifs is 3. The topological polar surface area (TPSA) is 96.7 Å². The summed E-state index contributed by atoms with van der Waals surface area (Å²) in [5.41, 5.74) is 7.47. The van der Waals surface area contributed by atoms with E-state index in [2.05, 4.69) is 35.8 Å². The number of halogens is 1. The molecular weight excluding hydrogens is 388 g/mol. The molecule has 29 heavy (non-hydrogen) atoms. The summed E-state index contributed by atoms with van der Waals surface area (Å²) < 4.78 is 1.67. The van der Waals surface area contributed by atoms with E-state index in [9.17, 15) is 0 Å². The summed E-state index contributed by atoms with van der Waals surface area (Å²) in [6.07, 6.45) is 1.60. The van der Waals surface area contributed by atoms with Crippen molar-refractivity contribution < 1.29 is 0 Å². The van der Waals surface area contributed by atoms with E-state index in [1.54, 1.807) is 10.9 Å². The molecule has 0 saturated heterocycles. The van der Waals surface area contributed by atoms with Crippen molar-refractivity contribution in [2.75, 3.05) is 5.43 Å². The molecule has 8 nitrogen and oxygen atoms in total. The number of aromatic amines is 1. The highest BCUT2D eigenvalue weighted by molar-refractivity contribution is 6.32. The van der Waals surface area contributed by atoms with Crippen molar-refractivity contribution in [3.05, 3.63) is 71.0 Å². The first kappa shape index (κ1) is 17.3. The maximum Gasteiger partial charge on any atom is 0.265 e. The monoisotopic (exact) mass is 402 g/mol. The van der Waals surface area contributed by atoms with E-state index in [4.69, 9.17) is 11.6 Å². The van der Waals surface area contributed by atoms with Gasteiger partial charge in [0.25, 0.3) is 5.95 Å². The number of para-hydroxylation sites is 2. The van der Waals surface area contributed by atoms with Crippen LogP contribution in [0.3, 0.4) is 0 Å². The van der Waals surface area contributed by atoms with Crippen LogP contribution in [0.2, 0.25) is 5.15 Å². The van der Waals surface area contributed by atoms with E-state index in [-0.39, 0.29) is 5.95 Å². The molecule has 0 saturated carbocycles. The van der Waals surface area contributed by atoms with Gasteiger partial charge in [-0.3, -0.25) is 0 Å². The summed E-state index contributed by atoms with van der Waals surface area (Å²) >= 11 is 6.50. The minimum atomic E-state index is 0.282. The second-order valence-corrected chi connectivity index (χ2v) is 6.77. The Morgan fingerprint density at radius 3 is 2.72 bits per heavy atom. The number of nitrogens with one attached hydrogen (secondary N) is 2. The van der Waals surface area contributed by atoms with Gasteiger partial charge in [0.2, 0.25) is 0 Å². The molecule has 142 valence electrons. The van der Waals surface area contributed by atoms with Gasteiger partial charge >= 0.3 is 0 Å². The maximum atomic E-state index is 6.50. The van der Waals surface area contributed by atoms with Crippen molar-refractivity contribution >= 4 is 45.8 Å². The predicted molar refractivity (Wildman–Crippen MR) is 114 cm³/mol. The maximum absolute atomic E-state index is 6.50. The van der Waals surface area contributed by atoms with Crippen molar-refractivity contribution in [3.8, 4) is 5.69 Å². The average Bonchev–Trinajstić information content (AvgIpc) is 3.26. The lowest BCUT2D eigenvalue weighted by Gasteiger charge is -2.01. The Bertz CT molecular complexity index is 1350. The fourth-order valence-electron chi connectivity index (χ4n) is 3.12. The molecule has 0 radical (unpaired) electrons. The second-order valence-electron chi connectivity index (χ2n) is 6.41. The van der Waals surface area contributed by atoms with E-state index in [0.717, 1.165) is 27.8 Å². The Balaban J connectivity index is 1.41. The minimum absolute atomic E-state index is 0.282. The SMILES string of the molecule is Cc1nn(-c2ccccc2)c(Cl)c1/C=N\Nc1nnc2c(n1)[nH]c1ccccc12. The van der Waals surface area contributed by atoms with Crippen molar-refractivity contribution in [2.24, 2.45) is 5.10 Å². The normalized spacial score (nSPS) is 11.7. The van der Waals surface area contributed by atoms with Crippen LogP contribution in [0.15, 0.2) is 59.7 Å². The molecule has 2 aromatic carbocycles.